The average molecular weight is 268 g/mol. The van der Waals surface area contributed by atoms with Gasteiger partial charge in [0.15, 0.2) is 0 Å². The highest BCUT2D eigenvalue weighted by molar-refractivity contribution is 5.74. The van der Waals surface area contributed by atoms with Gasteiger partial charge >= 0.3 is 0 Å². The number of nitrogens with one attached hydrogen (secondary N) is 1. The predicted molar refractivity (Wildman–Crippen MR) is 81.1 cm³/mol. The smallest absolute Gasteiger partial charge is 0.218 e. The van der Waals surface area contributed by atoms with Crippen LogP contribution in [-0.4, -0.2) is 11.9 Å². The molecular weight excluding hydrogens is 248 g/mol. The van der Waals surface area contributed by atoms with Crippen LogP contribution in [0.2, 0.25) is 0 Å². The van der Waals surface area contributed by atoms with Crippen LogP contribution in [0.1, 0.15) is 30.5 Å². The Balaban J connectivity index is 2.24. The van der Waals surface area contributed by atoms with Crippen molar-refractivity contribution in [2.45, 2.75) is 25.4 Å². The van der Waals surface area contributed by atoms with Crippen molar-refractivity contribution in [3.63, 3.8) is 0 Å². The maximum absolute atomic E-state index is 11.0. The van der Waals surface area contributed by atoms with E-state index in [-0.39, 0.29) is 18.0 Å². The lowest BCUT2D eigenvalue weighted by atomic mass is 9.97. The molecule has 0 aliphatic carbocycles. The minimum atomic E-state index is -0.287. The van der Waals surface area contributed by atoms with Crippen molar-refractivity contribution < 1.29 is 4.79 Å². The predicted octanol–water partition coefficient (Wildman–Crippen LogP) is 2.63. The molecule has 2 rings (SSSR count). The fourth-order valence-corrected chi connectivity index (χ4v) is 2.32. The van der Waals surface area contributed by atoms with Crippen LogP contribution in [0.5, 0.6) is 0 Å². The number of hydrogen-bond donors (Lipinski definition) is 2. The van der Waals surface area contributed by atoms with E-state index in [0.717, 1.165) is 0 Å². The van der Waals surface area contributed by atoms with Crippen LogP contribution >= 0.6 is 0 Å². The Morgan fingerprint density at radius 3 is 1.85 bits per heavy atom. The lowest BCUT2D eigenvalue weighted by Crippen LogP contribution is -2.34. The minimum Gasteiger partial charge on any atom is -0.370 e. The number of primary amides is 1. The summed E-state index contributed by atoms with van der Waals surface area (Å²) in [4.78, 5) is 11.0. The molecule has 0 fully saturated rings. The molecule has 1 atom stereocenters. The summed E-state index contributed by atoms with van der Waals surface area (Å²) in [6.45, 7) is 1.98. The normalized spacial score (nSPS) is 12.3. The Morgan fingerprint density at radius 2 is 1.45 bits per heavy atom. The zero-order valence-electron chi connectivity index (χ0n) is 11.6. The molecule has 3 N–H and O–H groups in total. The SMILES string of the molecule is CC(CC(N)=O)NC(c1ccccc1)c1ccccc1. The molecule has 0 aliphatic rings. The fourth-order valence-electron chi connectivity index (χ4n) is 2.32. The Kier molecular flexibility index (Phi) is 4.91. The highest BCUT2D eigenvalue weighted by Gasteiger charge is 2.17. The third kappa shape index (κ3) is 3.93. The Morgan fingerprint density at radius 1 is 1.00 bits per heavy atom. The van der Waals surface area contributed by atoms with E-state index in [2.05, 4.69) is 29.6 Å². The van der Waals surface area contributed by atoms with E-state index in [0.29, 0.717) is 6.42 Å². The molecule has 0 saturated carbocycles. The van der Waals surface area contributed by atoms with Crippen molar-refractivity contribution in [2.75, 3.05) is 0 Å². The van der Waals surface area contributed by atoms with E-state index < -0.39 is 0 Å². The third-order valence-electron chi connectivity index (χ3n) is 3.22. The van der Waals surface area contributed by atoms with E-state index in [1.165, 1.54) is 11.1 Å². The van der Waals surface area contributed by atoms with Gasteiger partial charge < -0.3 is 11.1 Å². The van der Waals surface area contributed by atoms with Gasteiger partial charge in [0.1, 0.15) is 0 Å². The Labute approximate surface area is 119 Å². The number of nitrogens with two attached hydrogens (primary N) is 1. The quantitative estimate of drug-likeness (QED) is 0.846. The van der Waals surface area contributed by atoms with Gasteiger partial charge in [-0.1, -0.05) is 60.7 Å². The van der Waals surface area contributed by atoms with Gasteiger partial charge in [0.2, 0.25) is 5.91 Å². The Bertz CT molecular complexity index is 500. The number of carbonyl (C=O) groups excluding carboxylic acids is 1. The van der Waals surface area contributed by atoms with Gasteiger partial charge in [-0.2, -0.15) is 0 Å². The highest BCUT2D eigenvalue weighted by atomic mass is 16.1. The zero-order chi connectivity index (χ0) is 14.4. The van der Waals surface area contributed by atoms with Gasteiger partial charge in [0, 0.05) is 12.5 Å². The van der Waals surface area contributed by atoms with Gasteiger partial charge in [-0.3, -0.25) is 4.79 Å². The second-order valence-corrected chi connectivity index (χ2v) is 4.99. The van der Waals surface area contributed by atoms with Crippen LogP contribution in [-0.2, 0) is 4.79 Å². The topological polar surface area (TPSA) is 55.1 Å². The molecule has 0 spiro atoms. The van der Waals surface area contributed by atoms with Crippen LogP contribution in [0.25, 0.3) is 0 Å². The van der Waals surface area contributed by atoms with Gasteiger partial charge in [-0.15, -0.1) is 0 Å². The lowest BCUT2D eigenvalue weighted by Gasteiger charge is -2.23. The van der Waals surface area contributed by atoms with E-state index in [4.69, 9.17) is 5.73 Å². The molecule has 1 amide bonds. The molecule has 0 heterocycles. The van der Waals surface area contributed by atoms with Crippen molar-refractivity contribution in [3.05, 3.63) is 71.8 Å². The van der Waals surface area contributed by atoms with Gasteiger partial charge in [-0.25, -0.2) is 0 Å². The summed E-state index contributed by atoms with van der Waals surface area (Å²) in [5.74, 6) is -0.287. The number of carbonyl (C=O) groups is 1. The van der Waals surface area contributed by atoms with Crippen LogP contribution in [0.15, 0.2) is 60.7 Å². The number of amides is 1. The second-order valence-electron chi connectivity index (χ2n) is 4.99. The van der Waals surface area contributed by atoms with Crippen LogP contribution in [0.3, 0.4) is 0 Å². The first-order valence-electron chi connectivity index (χ1n) is 6.81. The van der Waals surface area contributed by atoms with Crippen LogP contribution in [0, 0.1) is 0 Å². The summed E-state index contributed by atoms with van der Waals surface area (Å²) in [7, 11) is 0. The van der Waals surface area contributed by atoms with E-state index in [1.54, 1.807) is 0 Å². The summed E-state index contributed by atoms with van der Waals surface area (Å²) in [6.07, 6.45) is 0.330. The standard InChI is InChI=1S/C17H20N2O/c1-13(12-16(18)20)19-17(14-8-4-2-5-9-14)15-10-6-3-7-11-15/h2-11,13,17,19H,12H2,1H3,(H2,18,20). The van der Waals surface area contributed by atoms with Gasteiger partial charge in [0.05, 0.1) is 6.04 Å². The van der Waals surface area contributed by atoms with Crippen LogP contribution < -0.4 is 11.1 Å². The Hall–Kier alpha value is -2.13. The minimum absolute atomic E-state index is 0.0258. The third-order valence-corrected chi connectivity index (χ3v) is 3.22. The molecule has 0 radical (unpaired) electrons. The maximum atomic E-state index is 11.0. The molecule has 0 aromatic heterocycles. The average Bonchev–Trinajstić information content (AvgIpc) is 2.46. The number of benzene rings is 2. The number of hydrogen-bond acceptors (Lipinski definition) is 2. The van der Waals surface area contributed by atoms with Crippen molar-refractivity contribution in [1.82, 2.24) is 5.32 Å². The molecule has 104 valence electrons. The first kappa shape index (κ1) is 14.3. The highest BCUT2D eigenvalue weighted by Crippen LogP contribution is 2.22. The summed E-state index contributed by atoms with van der Waals surface area (Å²) in [5.41, 5.74) is 7.62. The maximum Gasteiger partial charge on any atom is 0.218 e. The summed E-state index contributed by atoms with van der Waals surface area (Å²) >= 11 is 0. The largest absolute Gasteiger partial charge is 0.370 e. The monoisotopic (exact) mass is 268 g/mol. The summed E-state index contributed by atoms with van der Waals surface area (Å²) in [6, 6.07) is 20.5. The molecule has 0 bridgehead atoms. The van der Waals surface area contributed by atoms with E-state index in [9.17, 15) is 4.79 Å². The first-order chi connectivity index (χ1) is 9.66. The molecule has 2 aromatic rings. The fraction of sp³-hybridized carbons (Fsp3) is 0.235. The van der Waals surface area contributed by atoms with Crippen molar-refractivity contribution in [2.24, 2.45) is 5.73 Å². The van der Waals surface area contributed by atoms with E-state index >= 15 is 0 Å². The molecule has 3 nitrogen and oxygen atoms in total. The molecule has 1 unspecified atom stereocenters. The molecule has 0 aliphatic heterocycles. The molecule has 3 heteroatoms. The summed E-state index contributed by atoms with van der Waals surface area (Å²) < 4.78 is 0. The van der Waals surface area contributed by atoms with E-state index in [1.807, 2.05) is 43.3 Å². The van der Waals surface area contributed by atoms with Gasteiger partial charge in [-0.05, 0) is 18.1 Å². The second kappa shape index (κ2) is 6.87. The van der Waals surface area contributed by atoms with Crippen molar-refractivity contribution in [1.29, 1.82) is 0 Å². The van der Waals surface area contributed by atoms with Gasteiger partial charge in [0.25, 0.3) is 0 Å². The lowest BCUT2D eigenvalue weighted by molar-refractivity contribution is -0.118. The zero-order valence-corrected chi connectivity index (χ0v) is 11.6. The first-order valence-corrected chi connectivity index (χ1v) is 6.81. The van der Waals surface area contributed by atoms with Crippen molar-refractivity contribution >= 4 is 5.91 Å². The molecule has 20 heavy (non-hydrogen) atoms. The van der Waals surface area contributed by atoms with Crippen molar-refractivity contribution in [3.8, 4) is 0 Å². The van der Waals surface area contributed by atoms with Crippen LogP contribution in [0.4, 0.5) is 0 Å². The number of rotatable bonds is 6. The molecule has 0 saturated heterocycles. The molecular formula is C17H20N2O. The molecule has 2 aromatic carbocycles. The summed E-state index contributed by atoms with van der Waals surface area (Å²) in [5, 5.41) is 3.48.